The number of hydrogen-bond donors (Lipinski definition) is 1. The molecule has 0 aliphatic heterocycles. The molecule has 0 amide bonds. The number of benzene rings is 1. The summed E-state index contributed by atoms with van der Waals surface area (Å²) in [7, 11) is 0. The van der Waals surface area contributed by atoms with Crippen LogP contribution in [0.15, 0.2) is 18.2 Å². The van der Waals surface area contributed by atoms with Crippen LogP contribution in [0, 0.1) is 0 Å². The largest absolute Gasteiger partial charge is 0.492 e. The van der Waals surface area contributed by atoms with E-state index in [1.165, 1.54) is 6.07 Å². The fraction of sp³-hybridized carbons (Fsp3) is 0.538. The molecule has 0 atom stereocenters. The van der Waals surface area contributed by atoms with E-state index >= 15 is 0 Å². The minimum absolute atomic E-state index is 0.0790. The zero-order chi connectivity index (χ0) is 14.3. The molecular formula is C13H17ClF3NO. The summed E-state index contributed by atoms with van der Waals surface area (Å²) in [6, 6.07) is 3.08. The smallest absolute Gasteiger partial charge is 0.416 e. The van der Waals surface area contributed by atoms with Gasteiger partial charge in [0, 0.05) is 0 Å². The number of ether oxygens (including phenoxy) is 1. The highest BCUT2D eigenvalue weighted by atomic mass is 35.5. The Hall–Kier alpha value is -0.940. The summed E-state index contributed by atoms with van der Waals surface area (Å²) in [6.07, 6.45) is -0.731. The lowest BCUT2D eigenvalue weighted by Crippen LogP contribution is -2.06. The molecule has 0 heterocycles. The third kappa shape index (κ3) is 5.70. The molecular weight excluding hydrogens is 279 g/mol. The first-order valence-electron chi connectivity index (χ1n) is 6.15. The van der Waals surface area contributed by atoms with E-state index in [-0.39, 0.29) is 10.8 Å². The summed E-state index contributed by atoms with van der Waals surface area (Å²) in [6.45, 7) is 1.01. The molecule has 0 radical (unpaired) electrons. The lowest BCUT2D eigenvalue weighted by molar-refractivity contribution is -0.137. The standard InChI is InChI=1S/C13H17ClF3NO/c14-11-6-5-10(13(15,16)17)9-12(11)19-8-4-2-1-3-7-18/h5-6,9H,1-4,7-8,18H2. The molecule has 0 saturated heterocycles. The van der Waals surface area contributed by atoms with Crippen LogP contribution < -0.4 is 10.5 Å². The molecule has 0 aliphatic rings. The Balaban J connectivity index is 2.49. The second kappa shape index (κ2) is 7.60. The van der Waals surface area contributed by atoms with E-state index in [9.17, 15) is 13.2 Å². The average Bonchev–Trinajstić information content (AvgIpc) is 2.34. The molecule has 1 rings (SSSR count). The first-order chi connectivity index (χ1) is 8.95. The molecule has 1 aromatic rings. The van der Waals surface area contributed by atoms with E-state index in [0.29, 0.717) is 13.2 Å². The molecule has 0 bridgehead atoms. The van der Waals surface area contributed by atoms with Gasteiger partial charge in [-0.05, 0) is 37.6 Å². The summed E-state index contributed by atoms with van der Waals surface area (Å²) < 4.78 is 42.8. The number of nitrogens with two attached hydrogens (primary N) is 1. The van der Waals surface area contributed by atoms with Crippen molar-refractivity contribution in [2.45, 2.75) is 31.9 Å². The SMILES string of the molecule is NCCCCCCOc1cc(C(F)(F)F)ccc1Cl. The summed E-state index contributed by atoms with van der Waals surface area (Å²) in [5.41, 5.74) is 4.60. The van der Waals surface area contributed by atoms with Gasteiger partial charge in [-0.25, -0.2) is 0 Å². The van der Waals surface area contributed by atoms with Crippen LogP contribution in [-0.2, 0) is 6.18 Å². The highest BCUT2D eigenvalue weighted by Crippen LogP contribution is 2.34. The minimum Gasteiger partial charge on any atom is -0.492 e. The zero-order valence-corrected chi connectivity index (χ0v) is 11.2. The van der Waals surface area contributed by atoms with Crippen molar-refractivity contribution < 1.29 is 17.9 Å². The van der Waals surface area contributed by atoms with E-state index in [2.05, 4.69) is 0 Å². The van der Waals surface area contributed by atoms with Crippen molar-refractivity contribution >= 4 is 11.6 Å². The van der Waals surface area contributed by atoms with Gasteiger partial charge in [0.15, 0.2) is 0 Å². The Kier molecular flexibility index (Phi) is 6.45. The third-order valence-corrected chi connectivity index (χ3v) is 2.93. The molecule has 2 N–H and O–H groups in total. The second-order valence-corrected chi connectivity index (χ2v) is 4.60. The van der Waals surface area contributed by atoms with Crippen LogP contribution in [0.25, 0.3) is 0 Å². The average molecular weight is 296 g/mol. The Morgan fingerprint density at radius 1 is 1.11 bits per heavy atom. The molecule has 108 valence electrons. The van der Waals surface area contributed by atoms with Gasteiger partial charge in [-0.15, -0.1) is 0 Å². The first-order valence-corrected chi connectivity index (χ1v) is 6.52. The van der Waals surface area contributed by atoms with Crippen LogP contribution in [0.4, 0.5) is 13.2 Å². The van der Waals surface area contributed by atoms with Gasteiger partial charge >= 0.3 is 6.18 Å². The number of rotatable bonds is 7. The molecule has 0 fully saturated rings. The summed E-state index contributed by atoms with van der Waals surface area (Å²) >= 11 is 5.80. The van der Waals surface area contributed by atoms with Crippen LogP contribution in [0.5, 0.6) is 5.75 Å². The maximum absolute atomic E-state index is 12.5. The van der Waals surface area contributed by atoms with Crippen LogP contribution in [0.1, 0.15) is 31.2 Å². The van der Waals surface area contributed by atoms with Crippen LogP contribution in [-0.4, -0.2) is 13.2 Å². The molecule has 0 saturated carbocycles. The normalized spacial score (nSPS) is 11.6. The third-order valence-electron chi connectivity index (χ3n) is 2.61. The maximum Gasteiger partial charge on any atom is 0.416 e. The van der Waals surface area contributed by atoms with Gasteiger partial charge in [0.25, 0.3) is 0 Å². The van der Waals surface area contributed by atoms with Crippen molar-refractivity contribution in [3.8, 4) is 5.75 Å². The zero-order valence-electron chi connectivity index (χ0n) is 10.5. The Morgan fingerprint density at radius 2 is 1.79 bits per heavy atom. The van der Waals surface area contributed by atoms with Crippen LogP contribution >= 0.6 is 11.6 Å². The van der Waals surface area contributed by atoms with Crippen molar-refractivity contribution in [2.24, 2.45) is 5.73 Å². The Bertz CT molecular complexity index is 396. The van der Waals surface area contributed by atoms with E-state index in [1.54, 1.807) is 0 Å². The summed E-state index contributed by atoms with van der Waals surface area (Å²) in [5, 5.41) is 0.190. The lowest BCUT2D eigenvalue weighted by Gasteiger charge is -2.11. The van der Waals surface area contributed by atoms with E-state index < -0.39 is 11.7 Å². The van der Waals surface area contributed by atoms with Gasteiger partial charge in [0.1, 0.15) is 5.75 Å². The fourth-order valence-electron chi connectivity index (χ4n) is 1.57. The minimum atomic E-state index is -4.39. The van der Waals surface area contributed by atoms with Gasteiger partial charge in [-0.2, -0.15) is 13.2 Å². The molecule has 0 aromatic heterocycles. The predicted octanol–water partition coefficient (Wildman–Crippen LogP) is 4.26. The number of unbranched alkanes of at least 4 members (excludes halogenated alkanes) is 3. The maximum atomic E-state index is 12.5. The molecule has 6 heteroatoms. The molecule has 1 aromatic carbocycles. The molecule has 0 spiro atoms. The summed E-state index contributed by atoms with van der Waals surface area (Å²) in [5.74, 6) is 0.0790. The van der Waals surface area contributed by atoms with Crippen molar-refractivity contribution in [1.82, 2.24) is 0 Å². The van der Waals surface area contributed by atoms with Gasteiger partial charge < -0.3 is 10.5 Å². The molecule has 0 aliphatic carbocycles. The number of hydrogen-bond acceptors (Lipinski definition) is 2. The molecule has 2 nitrogen and oxygen atoms in total. The van der Waals surface area contributed by atoms with Crippen LogP contribution in [0.3, 0.4) is 0 Å². The Labute approximate surface area is 115 Å². The predicted molar refractivity (Wildman–Crippen MR) is 69.5 cm³/mol. The van der Waals surface area contributed by atoms with E-state index in [4.69, 9.17) is 22.1 Å². The quantitative estimate of drug-likeness (QED) is 0.763. The van der Waals surface area contributed by atoms with Crippen LogP contribution in [0.2, 0.25) is 5.02 Å². The van der Waals surface area contributed by atoms with Crippen molar-refractivity contribution in [1.29, 1.82) is 0 Å². The fourth-order valence-corrected chi connectivity index (χ4v) is 1.74. The van der Waals surface area contributed by atoms with Gasteiger partial charge in [0.05, 0.1) is 17.2 Å². The van der Waals surface area contributed by atoms with Gasteiger partial charge in [-0.3, -0.25) is 0 Å². The number of halogens is 4. The van der Waals surface area contributed by atoms with Gasteiger partial charge in [0.2, 0.25) is 0 Å². The van der Waals surface area contributed by atoms with Crippen molar-refractivity contribution in [3.63, 3.8) is 0 Å². The highest BCUT2D eigenvalue weighted by Gasteiger charge is 2.31. The van der Waals surface area contributed by atoms with Crippen molar-refractivity contribution in [3.05, 3.63) is 28.8 Å². The summed E-state index contributed by atoms with van der Waals surface area (Å²) in [4.78, 5) is 0. The highest BCUT2D eigenvalue weighted by molar-refractivity contribution is 6.32. The second-order valence-electron chi connectivity index (χ2n) is 4.19. The van der Waals surface area contributed by atoms with Gasteiger partial charge in [-0.1, -0.05) is 24.4 Å². The molecule has 0 unspecified atom stereocenters. The monoisotopic (exact) mass is 295 g/mol. The van der Waals surface area contributed by atoms with E-state index in [0.717, 1.165) is 37.8 Å². The topological polar surface area (TPSA) is 35.2 Å². The Morgan fingerprint density at radius 3 is 2.42 bits per heavy atom. The molecule has 19 heavy (non-hydrogen) atoms. The van der Waals surface area contributed by atoms with Crippen molar-refractivity contribution in [2.75, 3.05) is 13.2 Å². The lowest BCUT2D eigenvalue weighted by atomic mass is 10.2. The first kappa shape index (κ1) is 16.1. The number of alkyl halides is 3. The van der Waals surface area contributed by atoms with E-state index in [1.807, 2.05) is 0 Å².